The molecular formula is C18H15ClN4O. The minimum absolute atomic E-state index is 0.204. The summed E-state index contributed by atoms with van der Waals surface area (Å²) >= 11 is 6.12. The molecule has 1 aliphatic carbocycles. The first-order valence-electron chi connectivity index (χ1n) is 7.69. The predicted octanol–water partition coefficient (Wildman–Crippen LogP) is 3.44. The van der Waals surface area contributed by atoms with Gasteiger partial charge in [0.1, 0.15) is 0 Å². The molecule has 0 bridgehead atoms. The van der Waals surface area contributed by atoms with E-state index in [0.717, 1.165) is 40.2 Å². The van der Waals surface area contributed by atoms with Gasteiger partial charge in [0.25, 0.3) is 5.91 Å². The van der Waals surface area contributed by atoms with Crippen LogP contribution in [0.25, 0.3) is 16.6 Å². The first kappa shape index (κ1) is 14.8. The van der Waals surface area contributed by atoms with Gasteiger partial charge in [-0.05, 0) is 48.7 Å². The average molecular weight is 339 g/mol. The number of halogens is 1. The van der Waals surface area contributed by atoms with E-state index in [1.165, 1.54) is 5.56 Å². The molecule has 6 heteroatoms. The number of nitrogens with zero attached hydrogens (tertiary/aromatic N) is 1. The Labute approximate surface area is 143 Å². The molecule has 0 saturated carbocycles. The van der Waals surface area contributed by atoms with Crippen LogP contribution in [-0.2, 0) is 6.42 Å². The summed E-state index contributed by atoms with van der Waals surface area (Å²) < 4.78 is 0. The molecule has 24 heavy (non-hydrogen) atoms. The summed E-state index contributed by atoms with van der Waals surface area (Å²) in [6, 6.07) is 9.16. The van der Waals surface area contributed by atoms with Crippen molar-refractivity contribution in [2.75, 3.05) is 0 Å². The van der Waals surface area contributed by atoms with Gasteiger partial charge in [-0.15, -0.1) is 0 Å². The highest BCUT2D eigenvalue weighted by molar-refractivity contribution is 6.31. The van der Waals surface area contributed by atoms with Crippen LogP contribution in [-0.4, -0.2) is 15.9 Å². The zero-order valence-corrected chi connectivity index (χ0v) is 13.5. The van der Waals surface area contributed by atoms with Crippen molar-refractivity contribution in [3.63, 3.8) is 0 Å². The lowest BCUT2D eigenvalue weighted by molar-refractivity contribution is 0.0942. The Kier molecular flexibility index (Phi) is 3.70. The zero-order valence-electron chi connectivity index (χ0n) is 12.8. The van der Waals surface area contributed by atoms with Crippen LogP contribution < -0.4 is 10.9 Å². The van der Waals surface area contributed by atoms with Gasteiger partial charge in [-0.2, -0.15) is 0 Å². The maximum Gasteiger partial charge on any atom is 0.269 e. The van der Waals surface area contributed by atoms with Gasteiger partial charge < -0.3 is 4.98 Å². The van der Waals surface area contributed by atoms with Crippen molar-refractivity contribution in [1.29, 1.82) is 0 Å². The molecule has 2 aromatic heterocycles. The zero-order chi connectivity index (χ0) is 16.5. The largest absolute Gasteiger partial charge is 0.353 e. The summed E-state index contributed by atoms with van der Waals surface area (Å²) in [5.74, 6) is -0.204. The van der Waals surface area contributed by atoms with Gasteiger partial charge in [0.15, 0.2) is 0 Å². The van der Waals surface area contributed by atoms with E-state index in [4.69, 9.17) is 11.6 Å². The Morgan fingerprint density at radius 1 is 1.21 bits per heavy atom. The minimum atomic E-state index is -0.204. The summed E-state index contributed by atoms with van der Waals surface area (Å²) in [5.41, 5.74) is 10.4. The lowest BCUT2D eigenvalue weighted by Gasteiger charge is -2.16. The number of amides is 1. The molecule has 0 unspecified atom stereocenters. The number of benzene rings is 1. The van der Waals surface area contributed by atoms with Crippen LogP contribution in [0.2, 0.25) is 5.02 Å². The number of hydrogen-bond acceptors (Lipinski definition) is 3. The molecule has 1 aromatic carbocycles. The predicted molar refractivity (Wildman–Crippen MR) is 94.4 cm³/mol. The fourth-order valence-corrected chi connectivity index (χ4v) is 3.16. The number of allylic oxidation sites excluding steroid dienone is 1. The van der Waals surface area contributed by atoms with Crippen LogP contribution in [0.5, 0.6) is 0 Å². The van der Waals surface area contributed by atoms with Crippen molar-refractivity contribution in [3.8, 4) is 0 Å². The standard InChI is InChI=1S/C18H15ClN4O/c19-12-4-5-15-14(10-12)13-2-1-3-16(17(13)21-15)22-23-18(24)11-6-8-20-9-7-11/h3-10,21-22H,1-2H2,(H,23,24). The van der Waals surface area contributed by atoms with Crippen LogP contribution in [0.4, 0.5) is 0 Å². The van der Waals surface area contributed by atoms with Crippen molar-refractivity contribution in [2.24, 2.45) is 0 Å². The molecule has 0 spiro atoms. The van der Waals surface area contributed by atoms with E-state index in [0.29, 0.717) is 5.56 Å². The molecule has 0 aliphatic heterocycles. The number of fused-ring (bicyclic) bond motifs is 3. The molecule has 0 atom stereocenters. The highest BCUT2D eigenvalue weighted by atomic mass is 35.5. The molecular weight excluding hydrogens is 324 g/mol. The maximum absolute atomic E-state index is 12.2. The number of carbonyl (C=O) groups is 1. The molecule has 4 rings (SSSR count). The Balaban J connectivity index is 1.59. The van der Waals surface area contributed by atoms with Crippen LogP contribution in [0.1, 0.15) is 28.0 Å². The normalized spacial score (nSPS) is 13.3. The van der Waals surface area contributed by atoms with Crippen molar-refractivity contribution in [1.82, 2.24) is 20.8 Å². The van der Waals surface area contributed by atoms with Gasteiger partial charge in [0, 0.05) is 33.9 Å². The van der Waals surface area contributed by atoms with E-state index in [1.54, 1.807) is 24.5 Å². The van der Waals surface area contributed by atoms with Gasteiger partial charge in [-0.25, -0.2) is 0 Å². The number of aromatic amines is 1. The van der Waals surface area contributed by atoms with Crippen LogP contribution in [0, 0.1) is 0 Å². The fraction of sp³-hybridized carbons (Fsp3) is 0.111. The van der Waals surface area contributed by atoms with Crippen molar-refractivity contribution >= 4 is 34.1 Å². The Morgan fingerprint density at radius 2 is 2.04 bits per heavy atom. The third kappa shape index (κ3) is 2.63. The Hall–Kier alpha value is -2.79. The van der Waals surface area contributed by atoms with Crippen LogP contribution in [0.15, 0.2) is 48.8 Å². The Morgan fingerprint density at radius 3 is 2.88 bits per heavy atom. The maximum atomic E-state index is 12.2. The molecule has 0 saturated heterocycles. The molecule has 5 nitrogen and oxygen atoms in total. The number of hydrogen-bond donors (Lipinski definition) is 3. The van der Waals surface area contributed by atoms with Crippen molar-refractivity contribution < 1.29 is 4.79 Å². The van der Waals surface area contributed by atoms with E-state index in [9.17, 15) is 4.79 Å². The molecule has 1 amide bonds. The molecule has 120 valence electrons. The van der Waals surface area contributed by atoms with E-state index in [1.807, 2.05) is 18.2 Å². The average Bonchev–Trinajstić information content (AvgIpc) is 2.99. The number of H-pyrrole nitrogens is 1. The topological polar surface area (TPSA) is 69.8 Å². The second kappa shape index (κ2) is 6.02. The molecule has 2 heterocycles. The highest BCUT2D eigenvalue weighted by Crippen LogP contribution is 2.32. The fourth-order valence-electron chi connectivity index (χ4n) is 2.99. The van der Waals surface area contributed by atoms with E-state index >= 15 is 0 Å². The number of pyridine rings is 1. The van der Waals surface area contributed by atoms with Gasteiger partial charge in [-0.3, -0.25) is 20.6 Å². The number of hydrazine groups is 1. The number of carbonyl (C=O) groups excluding carboxylic acids is 1. The third-order valence-corrected chi connectivity index (χ3v) is 4.37. The second-order valence-electron chi connectivity index (χ2n) is 5.64. The number of rotatable bonds is 3. The minimum Gasteiger partial charge on any atom is -0.353 e. The summed E-state index contributed by atoms with van der Waals surface area (Å²) in [4.78, 5) is 19.5. The van der Waals surface area contributed by atoms with Crippen LogP contribution >= 0.6 is 11.6 Å². The lowest BCUT2D eigenvalue weighted by atomic mass is 9.99. The van der Waals surface area contributed by atoms with Gasteiger partial charge in [0.05, 0.1) is 11.4 Å². The SMILES string of the molecule is O=C(NNC1=CCCc2c1[nH]c1ccc(Cl)cc21)c1ccncc1. The van der Waals surface area contributed by atoms with E-state index in [2.05, 4.69) is 26.9 Å². The molecule has 0 radical (unpaired) electrons. The Bertz CT molecular complexity index is 946. The second-order valence-corrected chi connectivity index (χ2v) is 6.08. The summed E-state index contributed by atoms with van der Waals surface area (Å²) in [6.07, 6.45) is 7.11. The van der Waals surface area contributed by atoms with Gasteiger partial charge >= 0.3 is 0 Å². The third-order valence-electron chi connectivity index (χ3n) is 4.13. The first-order chi connectivity index (χ1) is 11.7. The number of nitrogens with one attached hydrogen (secondary N) is 3. The van der Waals surface area contributed by atoms with Crippen LogP contribution in [0.3, 0.4) is 0 Å². The van der Waals surface area contributed by atoms with Gasteiger partial charge in [-0.1, -0.05) is 17.7 Å². The summed E-state index contributed by atoms with van der Waals surface area (Å²) in [5, 5.41) is 1.85. The van der Waals surface area contributed by atoms with E-state index < -0.39 is 0 Å². The number of aryl methyl sites for hydroxylation is 1. The first-order valence-corrected chi connectivity index (χ1v) is 8.07. The highest BCUT2D eigenvalue weighted by Gasteiger charge is 2.19. The molecule has 3 N–H and O–H groups in total. The van der Waals surface area contributed by atoms with Crippen molar-refractivity contribution in [3.05, 3.63) is 70.6 Å². The molecule has 0 fully saturated rings. The number of aromatic nitrogens is 2. The monoisotopic (exact) mass is 338 g/mol. The quantitative estimate of drug-likeness (QED) is 0.641. The van der Waals surface area contributed by atoms with Gasteiger partial charge in [0.2, 0.25) is 0 Å². The molecule has 3 aromatic rings. The van der Waals surface area contributed by atoms with E-state index in [-0.39, 0.29) is 5.91 Å². The lowest BCUT2D eigenvalue weighted by Crippen LogP contribution is -2.36. The van der Waals surface area contributed by atoms with Crippen molar-refractivity contribution in [2.45, 2.75) is 12.8 Å². The summed E-state index contributed by atoms with van der Waals surface area (Å²) in [6.45, 7) is 0. The smallest absolute Gasteiger partial charge is 0.269 e. The summed E-state index contributed by atoms with van der Waals surface area (Å²) in [7, 11) is 0. The molecule has 1 aliphatic rings.